The molecule has 0 saturated heterocycles. The van der Waals surface area contributed by atoms with Crippen LogP contribution in [0.25, 0.3) is 0 Å². The molecule has 0 aliphatic rings. The minimum Gasteiger partial charge on any atom is -0.412 e. The van der Waals surface area contributed by atoms with Crippen molar-refractivity contribution in [2.75, 3.05) is 0 Å². The van der Waals surface area contributed by atoms with Crippen molar-refractivity contribution in [3.05, 3.63) is 35.9 Å². The fourth-order valence-corrected chi connectivity index (χ4v) is 2.49. The molecule has 2 heteroatoms. The molecule has 1 radical (unpaired) electrons. The highest BCUT2D eigenvalue weighted by Gasteiger charge is 2.06. The van der Waals surface area contributed by atoms with E-state index >= 15 is 0 Å². The molecule has 1 aromatic carbocycles. The van der Waals surface area contributed by atoms with Crippen LogP contribution in [0, 0.1) is 0 Å². The average molecular weight is 193 g/mol. The standard InChI is InChI=1S/C11H17OSi/c1-3-13(4-2)12-10-11-8-6-5-7-9-11/h5-9H,3-4,10H2,1-2H3. The van der Waals surface area contributed by atoms with E-state index in [0.717, 1.165) is 6.61 Å². The first kappa shape index (κ1) is 10.5. The summed E-state index contributed by atoms with van der Waals surface area (Å²) >= 11 is 0. The molecule has 0 atom stereocenters. The van der Waals surface area contributed by atoms with Gasteiger partial charge in [0.15, 0.2) is 0 Å². The van der Waals surface area contributed by atoms with Gasteiger partial charge in [0, 0.05) is 0 Å². The summed E-state index contributed by atoms with van der Waals surface area (Å²) in [6.45, 7) is 5.21. The second-order valence-electron chi connectivity index (χ2n) is 3.02. The third kappa shape index (κ3) is 3.74. The van der Waals surface area contributed by atoms with Gasteiger partial charge in [0.1, 0.15) is 0 Å². The molecule has 71 valence electrons. The van der Waals surface area contributed by atoms with Gasteiger partial charge in [-0.25, -0.2) is 0 Å². The Labute approximate surface area is 82.5 Å². The lowest BCUT2D eigenvalue weighted by Crippen LogP contribution is -2.14. The lowest BCUT2D eigenvalue weighted by atomic mass is 10.2. The molecule has 1 rings (SSSR count). The summed E-state index contributed by atoms with van der Waals surface area (Å²) in [4.78, 5) is 0. The summed E-state index contributed by atoms with van der Waals surface area (Å²) in [6.07, 6.45) is 0. The topological polar surface area (TPSA) is 9.23 Å². The molecule has 13 heavy (non-hydrogen) atoms. The minimum absolute atomic E-state index is 0.521. The SMILES string of the molecule is CC[Si](CC)OCc1ccccc1. The van der Waals surface area contributed by atoms with Gasteiger partial charge in [0.25, 0.3) is 0 Å². The van der Waals surface area contributed by atoms with Crippen LogP contribution in [0.1, 0.15) is 19.4 Å². The second kappa shape index (κ2) is 5.94. The highest BCUT2D eigenvalue weighted by molar-refractivity contribution is 6.51. The van der Waals surface area contributed by atoms with E-state index in [1.807, 2.05) is 6.07 Å². The lowest BCUT2D eigenvalue weighted by Gasteiger charge is -2.10. The average Bonchev–Trinajstić information content (AvgIpc) is 2.21. The molecule has 0 unspecified atom stereocenters. The summed E-state index contributed by atoms with van der Waals surface area (Å²) in [7, 11) is -0.521. The lowest BCUT2D eigenvalue weighted by molar-refractivity contribution is 0.307. The summed E-state index contributed by atoms with van der Waals surface area (Å²) in [6, 6.07) is 12.8. The summed E-state index contributed by atoms with van der Waals surface area (Å²) < 4.78 is 5.83. The van der Waals surface area contributed by atoms with E-state index in [-0.39, 0.29) is 0 Å². The first-order valence-electron chi connectivity index (χ1n) is 4.88. The third-order valence-electron chi connectivity index (χ3n) is 2.07. The smallest absolute Gasteiger partial charge is 0.211 e. The van der Waals surface area contributed by atoms with Gasteiger partial charge in [-0.1, -0.05) is 44.2 Å². The predicted octanol–water partition coefficient (Wildman–Crippen LogP) is 3.23. The van der Waals surface area contributed by atoms with E-state index in [2.05, 4.69) is 38.1 Å². The van der Waals surface area contributed by atoms with Crippen LogP contribution < -0.4 is 0 Å². The molecule has 1 aromatic rings. The van der Waals surface area contributed by atoms with Gasteiger partial charge < -0.3 is 4.43 Å². The zero-order valence-corrected chi connectivity index (χ0v) is 9.42. The van der Waals surface area contributed by atoms with Gasteiger partial charge in [-0.2, -0.15) is 0 Å². The maximum absolute atomic E-state index is 5.83. The normalized spacial score (nSPS) is 10.7. The van der Waals surface area contributed by atoms with Gasteiger partial charge in [0.2, 0.25) is 9.04 Å². The zero-order valence-electron chi connectivity index (χ0n) is 8.42. The molecule has 0 N–H and O–H groups in total. The van der Waals surface area contributed by atoms with Crippen LogP contribution in [0.2, 0.25) is 12.1 Å². The Morgan fingerprint density at radius 1 is 1.08 bits per heavy atom. The number of hydrogen-bond donors (Lipinski definition) is 0. The number of rotatable bonds is 5. The van der Waals surface area contributed by atoms with Gasteiger partial charge in [-0.05, 0) is 17.7 Å². The maximum Gasteiger partial charge on any atom is 0.211 e. The summed E-state index contributed by atoms with van der Waals surface area (Å²) in [5.41, 5.74) is 1.28. The molecule has 0 aromatic heterocycles. The Morgan fingerprint density at radius 2 is 1.69 bits per heavy atom. The summed E-state index contributed by atoms with van der Waals surface area (Å²) in [5, 5.41) is 0. The molecule has 0 bridgehead atoms. The molecule has 0 fully saturated rings. The molecular formula is C11H17OSi. The van der Waals surface area contributed by atoms with E-state index in [1.54, 1.807) is 0 Å². The van der Waals surface area contributed by atoms with Gasteiger partial charge in [-0.3, -0.25) is 0 Å². The van der Waals surface area contributed by atoms with Crippen LogP contribution in [0.15, 0.2) is 30.3 Å². The second-order valence-corrected chi connectivity index (χ2v) is 5.80. The van der Waals surface area contributed by atoms with Gasteiger partial charge in [0.05, 0.1) is 6.61 Å². The third-order valence-corrected chi connectivity index (χ3v) is 4.20. The van der Waals surface area contributed by atoms with Gasteiger partial charge in [-0.15, -0.1) is 0 Å². The Balaban J connectivity index is 2.34. The van der Waals surface area contributed by atoms with Crippen LogP contribution in [0.5, 0.6) is 0 Å². The number of benzene rings is 1. The van der Waals surface area contributed by atoms with Crippen LogP contribution in [-0.2, 0) is 11.0 Å². The first-order chi connectivity index (χ1) is 6.36. The van der Waals surface area contributed by atoms with Crippen molar-refractivity contribution in [2.24, 2.45) is 0 Å². The highest BCUT2D eigenvalue weighted by Crippen LogP contribution is 2.06. The molecule has 0 aliphatic carbocycles. The Kier molecular flexibility index (Phi) is 4.79. The maximum atomic E-state index is 5.83. The van der Waals surface area contributed by atoms with Crippen LogP contribution in [0.3, 0.4) is 0 Å². The van der Waals surface area contributed by atoms with Crippen molar-refractivity contribution >= 4 is 9.04 Å². The van der Waals surface area contributed by atoms with Crippen molar-refractivity contribution in [1.82, 2.24) is 0 Å². The molecule has 0 amide bonds. The minimum atomic E-state index is -0.521. The van der Waals surface area contributed by atoms with Crippen molar-refractivity contribution in [1.29, 1.82) is 0 Å². The van der Waals surface area contributed by atoms with E-state index < -0.39 is 9.04 Å². The molecule has 0 aliphatic heterocycles. The quantitative estimate of drug-likeness (QED) is 0.652. The Hall–Kier alpha value is -0.603. The molecule has 0 spiro atoms. The molecule has 0 saturated carbocycles. The van der Waals surface area contributed by atoms with E-state index in [9.17, 15) is 0 Å². The molecule has 1 nitrogen and oxygen atoms in total. The summed E-state index contributed by atoms with van der Waals surface area (Å²) in [5.74, 6) is 0. The molecule has 0 heterocycles. The van der Waals surface area contributed by atoms with Crippen LogP contribution in [0.4, 0.5) is 0 Å². The predicted molar refractivity (Wildman–Crippen MR) is 57.9 cm³/mol. The molecular weight excluding hydrogens is 176 g/mol. The largest absolute Gasteiger partial charge is 0.412 e. The van der Waals surface area contributed by atoms with Crippen molar-refractivity contribution in [3.63, 3.8) is 0 Å². The van der Waals surface area contributed by atoms with E-state index in [4.69, 9.17) is 4.43 Å². The first-order valence-corrected chi connectivity index (χ1v) is 6.70. The fraction of sp³-hybridized carbons (Fsp3) is 0.455. The number of hydrogen-bond acceptors (Lipinski definition) is 1. The van der Waals surface area contributed by atoms with Gasteiger partial charge >= 0.3 is 0 Å². The van der Waals surface area contributed by atoms with Crippen molar-refractivity contribution in [2.45, 2.75) is 32.5 Å². The van der Waals surface area contributed by atoms with Crippen LogP contribution in [-0.4, -0.2) is 9.04 Å². The Morgan fingerprint density at radius 3 is 2.23 bits per heavy atom. The highest BCUT2D eigenvalue weighted by atomic mass is 28.3. The van der Waals surface area contributed by atoms with Crippen molar-refractivity contribution < 1.29 is 4.43 Å². The monoisotopic (exact) mass is 193 g/mol. The van der Waals surface area contributed by atoms with Crippen molar-refractivity contribution in [3.8, 4) is 0 Å². The van der Waals surface area contributed by atoms with E-state index in [1.165, 1.54) is 17.7 Å². The zero-order chi connectivity index (χ0) is 9.52. The Bertz CT molecular complexity index is 219. The van der Waals surface area contributed by atoms with E-state index in [0.29, 0.717) is 0 Å². The fourth-order valence-electron chi connectivity index (χ4n) is 1.21. The van der Waals surface area contributed by atoms with Crippen LogP contribution >= 0.6 is 0 Å².